The lowest BCUT2D eigenvalue weighted by atomic mass is 10.2. The second-order valence-corrected chi connectivity index (χ2v) is 7.20. The summed E-state index contributed by atoms with van der Waals surface area (Å²) in [6.45, 7) is 0.541. The molecular weight excluding hydrogens is 385 g/mol. The van der Waals surface area contributed by atoms with E-state index >= 15 is 0 Å². The van der Waals surface area contributed by atoms with Gasteiger partial charge in [0.2, 0.25) is 4.80 Å². The molecule has 0 aliphatic heterocycles. The summed E-state index contributed by atoms with van der Waals surface area (Å²) in [7, 11) is 0. The summed E-state index contributed by atoms with van der Waals surface area (Å²) in [4.78, 5) is 5.46. The van der Waals surface area contributed by atoms with Gasteiger partial charge in [0.05, 0.1) is 18.5 Å². The topological polar surface area (TPSA) is 49.9 Å². The van der Waals surface area contributed by atoms with Gasteiger partial charge in [0, 0.05) is 10.9 Å². The highest BCUT2D eigenvalue weighted by atomic mass is 32.1. The van der Waals surface area contributed by atoms with Gasteiger partial charge in [-0.3, -0.25) is 4.99 Å². The fraction of sp³-hybridized carbons (Fsp3) is 0.0435. The van der Waals surface area contributed by atoms with Crippen molar-refractivity contribution in [2.24, 2.45) is 10.1 Å². The third-order valence-corrected chi connectivity index (χ3v) is 5.13. The number of nitrogens with zero attached hydrogens (tertiary/aromatic N) is 3. The number of aromatic nitrogens is 1. The summed E-state index contributed by atoms with van der Waals surface area (Å²) in [5.41, 5.74) is 3.64. The van der Waals surface area contributed by atoms with Gasteiger partial charge in [0.1, 0.15) is 11.6 Å². The van der Waals surface area contributed by atoms with Gasteiger partial charge in [0.15, 0.2) is 0 Å². The van der Waals surface area contributed by atoms with E-state index in [4.69, 9.17) is 4.99 Å². The van der Waals surface area contributed by atoms with Gasteiger partial charge in [-0.25, -0.2) is 9.07 Å². The van der Waals surface area contributed by atoms with Crippen LogP contribution in [0.25, 0.3) is 11.3 Å². The molecule has 1 aromatic heterocycles. The molecule has 0 bridgehead atoms. The summed E-state index contributed by atoms with van der Waals surface area (Å²) >= 11 is 1.48. The van der Waals surface area contributed by atoms with E-state index in [0.29, 0.717) is 6.54 Å². The summed E-state index contributed by atoms with van der Waals surface area (Å²) < 4.78 is 15.1. The van der Waals surface area contributed by atoms with Gasteiger partial charge in [-0.1, -0.05) is 30.3 Å². The monoisotopic (exact) mass is 403 g/mol. The lowest BCUT2D eigenvalue weighted by molar-refractivity contribution is 0.475. The Morgan fingerprint density at radius 2 is 1.66 bits per heavy atom. The fourth-order valence-electron chi connectivity index (χ4n) is 2.77. The second-order valence-electron chi connectivity index (χ2n) is 6.36. The number of aromatic hydroxyl groups is 1. The largest absolute Gasteiger partial charge is 0.508 e. The fourth-order valence-corrected chi connectivity index (χ4v) is 3.60. The Bertz CT molecular complexity index is 1180. The highest BCUT2D eigenvalue weighted by Gasteiger charge is 2.08. The third kappa shape index (κ3) is 4.67. The van der Waals surface area contributed by atoms with Crippen LogP contribution in [0.4, 0.5) is 4.39 Å². The molecule has 6 heteroatoms. The standard InChI is InChI=1S/C23H18FN3OS/c24-20-10-8-19(9-11-20)22-16-29-23(25-14-17-4-2-1-3-5-17)27(22)26-15-18-6-12-21(28)13-7-18/h1-13,15-16,28H,14H2. The van der Waals surface area contributed by atoms with Crippen molar-refractivity contribution in [2.75, 3.05) is 0 Å². The Balaban J connectivity index is 1.74. The molecule has 0 atom stereocenters. The van der Waals surface area contributed by atoms with Crippen LogP contribution in [0.3, 0.4) is 0 Å². The maximum atomic E-state index is 13.3. The number of thiazole rings is 1. The Morgan fingerprint density at radius 3 is 2.38 bits per heavy atom. The molecular formula is C23H18FN3OS. The number of hydrogen-bond donors (Lipinski definition) is 1. The molecule has 3 aromatic carbocycles. The van der Waals surface area contributed by atoms with Crippen molar-refractivity contribution >= 4 is 17.6 Å². The molecule has 144 valence electrons. The first-order valence-electron chi connectivity index (χ1n) is 9.03. The zero-order valence-electron chi connectivity index (χ0n) is 15.4. The van der Waals surface area contributed by atoms with Crippen LogP contribution in [0, 0.1) is 5.82 Å². The van der Waals surface area contributed by atoms with Crippen molar-refractivity contribution in [1.29, 1.82) is 0 Å². The molecule has 0 amide bonds. The van der Waals surface area contributed by atoms with Crippen molar-refractivity contribution in [3.8, 4) is 17.0 Å². The average molecular weight is 403 g/mol. The number of benzene rings is 3. The highest BCUT2D eigenvalue weighted by molar-refractivity contribution is 7.07. The maximum absolute atomic E-state index is 13.3. The van der Waals surface area contributed by atoms with Crippen LogP contribution in [-0.2, 0) is 6.54 Å². The van der Waals surface area contributed by atoms with Gasteiger partial charge < -0.3 is 5.11 Å². The molecule has 0 unspecified atom stereocenters. The normalized spacial score (nSPS) is 12.0. The SMILES string of the molecule is Oc1ccc(C=Nn2c(-c3ccc(F)cc3)csc2=NCc2ccccc2)cc1. The summed E-state index contributed by atoms with van der Waals surface area (Å²) in [5.74, 6) is -0.0759. The molecule has 4 rings (SSSR count). The predicted octanol–water partition coefficient (Wildman–Crippen LogP) is 5.04. The van der Waals surface area contributed by atoms with Crippen LogP contribution in [0.2, 0.25) is 0 Å². The number of rotatable bonds is 5. The molecule has 4 nitrogen and oxygen atoms in total. The van der Waals surface area contributed by atoms with Gasteiger partial charge >= 0.3 is 0 Å². The zero-order chi connectivity index (χ0) is 20.1. The Kier molecular flexibility index (Phi) is 5.63. The molecule has 0 saturated carbocycles. The lowest BCUT2D eigenvalue weighted by Crippen LogP contribution is -2.12. The first-order chi connectivity index (χ1) is 14.2. The van der Waals surface area contributed by atoms with Crippen molar-refractivity contribution < 1.29 is 9.50 Å². The molecule has 0 fully saturated rings. The minimum atomic E-state index is -0.280. The minimum Gasteiger partial charge on any atom is -0.508 e. The number of phenolic OH excluding ortho intramolecular Hbond substituents is 1. The number of phenols is 1. The molecule has 0 aliphatic carbocycles. The summed E-state index contributed by atoms with van der Waals surface area (Å²) in [6, 6.07) is 23.1. The zero-order valence-corrected chi connectivity index (χ0v) is 16.3. The number of hydrogen-bond acceptors (Lipinski definition) is 4. The molecule has 0 aliphatic rings. The van der Waals surface area contributed by atoms with E-state index in [-0.39, 0.29) is 11.6 Å². The summed E-state index contributed by atoms with van der Waals surface area (Å²) in [6.07, 6.45) is 1.71. The highest BCUT2D eigenvalue weighted by Crippen LogP contribution is 2.20. The van der Waals surface area contributed by atoms with E-state index in [1.165, 1.54) is 23.5 Å². The van der Waals surface area contributed by atoms with Crippen LogP contribution in [0.15, 0.2) is 94.3 Å². The van der Waals surface area contributed by atoms with Gasteiger partial charge in [0.25, 0.3) is 0 Å². The third-order valence-electron chi connectivity index (χ3n) is 4.28. The molecule has 0 saturated heterocycles. The molecule has 1 heterocycles. The van der Waals surface area contributed by atoms with Gasteiger partial charge in [-0.15, -0.1) is 11.3 Å². The van der Waals surface area contributed by atoms with Crippen LogP contribution >= 0.6 is 11.3 Å². The van der Waals surface area contributed by atoms with E-state index in [1.54, 1.807) is 47.3 Å². The van der Waals surface area contributed by atoms with Gasteiger partial charge in [-0.2, -0.15) is 5.10 Å². The van der Waals surface area contributed by atoms with E-state index in [1.807, 2.05) is 35.7 Å². The average Bonchev–Trinajstić information content (AvgIpc) is 3.16. The molecule has 4 aromatic rings. The smallest absolute Gasteiger partial charge is 0.206 e. The van der Waals surface area contributed by atoms with Gasteiger partial charge in [-0.05, 0) is 59.7 Å². The van der Waals surface area contributed by atoms with Crippen molar-refractivity contribution in [3.63, 3.8) is 0 Å². The quantitative estimate of drug-likeness (QED) is 0.466. The second kappa shape index (κ2) is 8.67. The minimum absolute atomic E-state index is 0.205. The first kappa shape index (κ1) is 18.8. The molecule has 0 radical (unpaired) electrons. The molecule has 1 N–H and O–H groups in total. The van der Waals surface area contributed by atoms with Crippen LogP contribution in [0.5, 0.6) is 5.75 Å². The number of halogens is 1. The van der Waals surface area contributed by atoms with Crippen molar-refractivity contribution in [1.82, 2.24) is 4.68 Å². The Morgan fingerprint density at radius 1 is 0.931 bits per heavy atom. The molecule has 0 spiro atoms. The predicted molar refractivity (Wildman–Crippen MR) is 115 cm³/mol. The lowest BCUT2D eigenvalue weighted by Gasteiger charge is -2.04. The van der Waals surface area contributed by atoms with Crippen LogP contribution in [0.1, 0.15) is 11.1 Å². The first-order valence-corrected chi connectivity index (χ1v) is 9.91. The van der Waals surface area contributed by atoms with Crippen molar-refractivity contribution in [3.05, 3.63) is 106 Å². The Labute approximate surface area is 171 Å². The summed E-state index contributed by atoms with van der Waals surface area (Å²) in [5, 5.41) is 16.0. The van der Waals surface area contributed by atoms with E-state index in [2.05, 4.69) is 5.10 Å². The van der Waals surface area contributed by atoms with E-state index in [0.717, 1.165) is 27.2 Å². The van der Waals surface area contributed by atoms with E-state index < -0.39 is 0 Å². The van der Waals surface area contributed by atoms with Crippen LogP contribution < -0.4 is 4.80 Å². The van der Waals surface area contributed by atoms with E-state index in [9.17, 15) is 9.50 Å². The molecule has 29 heavy (non-hydrogen) atoms. The Hall–Kier alpha value is -3.51. The maximum Gasteiger partial charge on any atom is 0.206 e. The van der Waals surface area contributed by atoms with Crippen LogP contribution in [-0.4, -0.2) is 16.0 Å². The van der Waals surface area contributed by atoms with Crippen molar-refractivity contribution in [2.45, 2.75) is 6.54 Å².